The first-order valence-corrected chi connectivity index (χ1v) is 7.41. The lowest BCUT2D eigenvalue weighted by molar-refractivity contribution is -0.136. The number of aliphatic carboxylic acids is 1. The summed E-state index contributed by atoms with van der Waals surface area (Å²) in [5.41, 5.74) is 2.42. The van der Waals surface area contributed by atoms with Gasteiger partial charge >= 0.3 is 5.97 Å². The maximum absolute atomic E-state index is 12.0. The Labute approximate surface area is 111 Å². The Hall–Kier alpha value is -1.53. The summed E-state index contributed by atoms with van der Waals surface area (Å²) >= 11 is 1.48. The number of carboxylic acids is 1. The highest BCUT2D eigenvalue weighted by molar-refractivity contribution is 7.84. The Morgan fingerprint density at radius 1 is 1.33 bits per heavy atom. The molecule has 0 saturated heterocycles. The zero-order valence-electron chi connectivity index (χ0n) is 9.41. The molecule has 0 amide bonds. The monoisotopic (exact) mass is 281 g/mol. The molecule has 0 fully saturated rings. The van der Waals surface area contributed by atoms with Gasteiger partial charge in [0.1, 0.15) is 0 Å². The van der Waals surface area contributed by atoms with Crippen LogP contribution in [0, 0.1) is 0 Å². The summed E-state index contributed by atoms with van der Waals surface area (Å²) < 4.78 is 12.0. The molecule has 4 nitrogen and oxygen atoms in total. The molecular weight excluding hydrogens is 270 g/mol. The van der Waals surface area contributed by atoms with Gasteiger partial charge in [0.15, 0.2) is 0 Å². The van der Waals surface area contributed by atoms with E-state index in [-0.39, 0.29) is 6.42 Å². The van der Waals surface area contributed by atoms with E-state index in [1.54, 1.807) is 36.0 Å². The first-order chi connectivity index (χ1) is 8.65. The number of rotatable bonds is 5. The summed E-state index contributed by atoms with van der Waals surface area (Å²) in [6.07, 6.45) is 1.70. The summed E-state index contributed by atoms with van der Waals surface area (Å²) in [5, 5.41) is 8.65. The molecular formula is C12H11NO3S2. The molecule has 1 N–H and O–H groups in total. The van der Waals surface area contributed by atoms with Gasteiger partial charge in [0, 0.05) is 16.0 Å². The van der Waals surface area contributed by atoms with Crippen molar-refractivity contribution >= 4 is 28.1 Å². The molecule has 6 heteroatoms. The van der Waals surface area contributed by atoms with Crippen molar-refractivity contribution < 1.29 is 14.1 Å². The number of hydrogen-bond acceptors (Lipinski definition) is 4. The van der Waals surface area contributed by atoms with E-state index in [0.717, 1.165) is 4.88 Å². The SMILES string of the molecule is O=C(O)Cc1ccc(S(=O)Cc2cncs2)cc1. The Kier molecular flexibility index (Phi) is 4.22. The van der Waals surface area contributed by atoms with Gasteiger partial charge < -0.3 is 5.11 Å². The van der Waals surface area contributed by atoms with Gasteiger partial charge in [0.05, 0.1) is 28.5 Å². The highest BCUT2D eigenvalue weighted by Crippen LogP contribution is 2.15. The van der Waals surface area contributed by atoms with Gasteiger partial charge in [-0.3, -0.25) is 14.0 Å². The molecule has 2 rings (SSSR count). The van der Waals surface area contributed by atoms with E-state index in [0.29, 0.717) is 16.2 Å². The van der Waals surface area contributed by atoms with Gasteiger partial charge in [-0.2, -0.15) is 0 Å². The van der Waals surface area contributed by atoms with E-state index in [1.165, 1.54) is 11.3 Å². The van der Waals surface area contributed by atoms with E-state index in [9.17, 15) is 9.00 Å². The van der Waals surface area contributed by atoms with Gasteiger partial charge in [-0.15, -0.1) is 11.3 Å². The van der Waals surface area contributed by atoms with Crippen LogP contribution in [-0.4, -0.2) is 20.3 Å². The fraction of sp³-hybridized carbons (Fsp3) is 0.167. The molecule has 0 aliphatic heterocycles. The van der Waals surface area contributed by atoms with Crippen LogP contribution in [0.15, 0.2) is 40.9 Å². The highest BCUT2D eigenvalue weighted by Gasteiger charge is 2.07. The zero-order valence-corrected chi connectivity index (χ0v) is 11.0. The van der Waals surface area contributed by atoms with Crippen molar-refractivity contribution in [2.75, 3.05) is 0 Å². The third-order valence-electron chi connectivity index (χ3n) is 2.30. The second-order valence-corrected chi connectivity index (χ2v) is 6.09. The molecule has 1 unspecified atom stereocenters. The molecule has 2 aromatic rings. The van der Waals surface area contributed by atoms with Crippen molar-refractivity contribution in [1.29, 1.82) is 0 Å². The summed E-state index contributed by atoms with van der Waals surface area (Å²) in [4.78, 5) is 16.1. The number of benzene rings is 1. The van der Waals surface area contributed by atoms with Crippen LogP contribution in [0.3, 0.4) is 0 Å². The maximum Gasteiger partial charge on any atom is 0.307 e. The number of nitrogens with zero attached hydrogens (tertiary/aromatic N) is 1. The largest absolute Gasteiger partial charge is 0.481 e. The highest BCUT2D eigenvalue weighted by atomic mass is 32.2. The van der Waals surface area contributed by atoms with Crippen molar-refractivity contribution in [3.63, 3.8) is 0 Å². The predicted molar refractivity (Wildman–Crippen MR) is 70.0 cm³/mol. The molecule has 0 aliphatic rings. The number of hydrogen-bond donors (Lipinski definition) is 1. The Morgan fingerprint density at radius 2 is 2.06 bits per heavy atom. The number of thiazole rings is 1. The first kappa shape index (κ1) is 12.9. The van der Waals surface area contributed by atoms with Crippen LogP contribution in [-0.2, 0) is 27.8 Å². The van der Waals surface area contributed by atoms with E-state index < -0.39 is 16.8 Å². The predicted octanol–water partition coefficient (Wildman–Crippen LogP) is 2.08. The minimum absolute atomic E-state index is 0.0121. The van der Waals surface area contributed by atoms with E-state index >= 15 is 0 Å². The van der Waals surface area contributed by atoms with Crippen molar-refractivity contribution in [2.45, 2.75) is 17.1 Å². The topological polar surface area (TPSA) is 67.3 Å². The minimum atomic E-state index is -1.11. The third-order valence-corrected chi connectivity index (χ3v) is 4.63. The molecule has 0 saturated carbocycles. The molecule has 1 heterocycles. The first-order valence-electron chi connectivity index (χ1n) is 5.21. The third kappa shape index (κ3) is 3.48. The summed E-state index contributed by atoms with van der Waals surface area (Å²) in [6, 6.07) is 6.84. The molecule has 0 bridgehead atoms. The fourth-order valence-electron chi connectivity index (χ4n) is 1.46. The van der Waals surface area contributed by atoms with Crippen molar-refractivity contribution in [3.8, 4) is 0 Å². The van der Waals surface area contributed by atoms with Gasteiger partial charge in [-0.05, 0) is 17.7 Å². The lowest BCUT2D eigenvalue weighted by atomic mass is 10.2. The van der Waals surface area contributed by atoms with Crippen LogP contribution in [0.5, 0.6) is 0 Å². The molecule has 1 aromatic carbocycles. The Bertz CT molecular complexity index is 549. The molecule has 0 radical (unpaired) electrons. The summed E-state index contributed by atoms with van der Waals surface area (Å²) in [7, 11) is -1.11. The number of carbonyl (C=O) groups is 1. The Morgan fingerprint density at radius 3 is 2.61 bits per heavy atom. The van der Waals surface area contributed by atoms with Crippen LogP contribution >= 0.6 is 11.3 Å². The van der Waals surface area contributed by atoms with Gasteiger partial charge in [-0.25, -0.2) is 0 Å². The molecule has 1 aromatic heterocycles. The lowest BCUT2D eigenvalue weighted by Gasteiger charge is -2.02. The van der Waals surface area contributed by atoms with Crippen LogP contribution in [0.2, 0.25) is 0 Å². The second kappa shape index (κ2) is 5.88. The smallest absolute Gasteiger partial charge is 0.307 e. The van der Waals surface area contributed by atoms with Gasteiger partial charge in [0.2, 0.25) is 0 Å². The molecule has 0 aliphatic carbocycles. The van der Waals surface area contributed by atoms with E-state index in [1.807, 2.05) is 0 Å². The van der Waals surface area contributed by atoms with Gasteiger partial charge in [-0.1, -0.05) is 12.1 Å². The summed E-state index contributed by atoms with van der Waals surface area (Å²) in [5.74, 6) is -0.420. The average Bonchev–Trinajstić information content (AvgIpc) is 2.82. The van der Waals surface area contributed by atoms with Crippen LogP contribution < -0.4 is 0 Å². The molecule has 0 spiro atoms. The fourth-order valence-corrected chi connectivity index (χ4v) is 3.37. The van der Waals surface area contributed by atoms with Crippen molar-refractivity contribution in [2.24, 2.45) is 0 Å². The second-order valence-electron chi connectivity index (χ2n) is 3.67. The minimum Gasteiger partial charge on any atom is -0.481 e. The number of carboxylic acid groups (broad SMARTS) is 1. The number of aromatic nitrogens is 1. The standard InChI is InChI=1S/C12H11NO3S2/c14-12(15)5-9-1-3-11(4-2-9)18(16)7-10-6-13-8-17-10/h1-4,6,8H,5,7H2,(H,14,15). The van der Waals surface area contributed by atoms with Crippen molar-refractivity contribution in [3.05, 3.63) is 46.4 Å². The van der Waals surface area contributed by atoms with Gasteiger partial charge in [0.25, 0.3) is 0 Å². The van der Waals surface area contributed by atoms with E-state index in [2.05, 4.69) is 4.98 Å². The zero-order chi connectivity index (χ0) is 13.0. The Balaban J connectivity index is 2.05. The van der Waals surface area contributed by atoms with Crippen LogP contribution in [0.25, 0.3) is 0 Å². The van der Waals surface area contributed by atoms with E-state index in [4.69, 9.17) is 5.11 Å². The van der Waals surface area contributed by atoms with Crippen molar-refractivity contribution in [1.82, 2.24) is 4.98 Å². The molecule has 18 heavy (non-hydrogen) atoms. The summed E-state index contributed by atoms with van der Waals surface area (Å²) in [6.45, 7) is 0. The van der Waals surface area contributed by atoms with Crippen LogP contribution in [0.1, 0.15) is 10.4 Å². The lowest BCUT2D eigenvalue weighted by Crippen LogP contribution is -2.00. The molecule has 94 valence electrons. The normalized spacial score (nSPS) is 12.2. The molecule has 1 atom stereocenters. The maximum atomic E-state index is 12.0. The van der Waals surface area contributed by atoms with Crippen LogP contribution in [0.4, 0.5) is 0 Å². The average molecular weight is 281 g/mol. The quantitative estimate of drug-likeness (QED) is 0.911.